The number of hydrogen-bond acceptors (Lipinski definition) is 7. The summed E-state index contributed by atoms with van der Waals surface area (Å²) in [5.41, 5.74) is 4.03. The molecule has 1 fully saturated rings. The fourth-order valence-electron chi connectivity index (χ4n) is 5.42. The summed E-state index contributed by atoms with van der Waals surface area (Å²) < 4.78 is 21.0. The van der Waals surface area contributed by atoms with E-state index in [0.29, 0.717) is 35.7 Å². The Morgan fingerprint density at radius 2 is 1.87 bits per heavy atom. The van der Waals surface area contributed by atoms with Crippen molar-refractivity contribution in [3.8, 4) is 11.9 Å². The van der Waals surface area contributed by atoms with Crippen molar-refractivity contribution in [2.75, 3.05) is 25.1 Å². The Morgan fingerprint density at radius 3 is 2.58 bits per heavy atom. The number of piperazine rings is 1. The summed E-state index contributed by atoms with van der Waals surface area (Å²) >= 11 is 0. The van der Waals surface area contributed by atoms with E-state index in [1.807, 2.05) is 12.1 Å². The molecule has 0 N–H and O–H groups in total. The van der Waals surface area contributed by atoms with Crippen molar-refractivity contribution in [1.29, 1.82) is 5.26 Å². The van der Waals surface area contributed by atoms with Crippen LogP contribution in [0.25, 0.3) is 11.0 Å². The third kappa shape index (κ3) is 4.48. The SMILES string of the molecule is COc1ncccc1C(c1ccc(F)cc1)N1C[C@H](C)N(c2cc(=O)n(C)c3ccc(C#N)nc23)C[C@H]1C. The normalized spacial score (nSPS) is 18.8. The molecule has 1 aliphatic rings. The number of pyridine rings is 3. The minimum absolute atomic E-state index is 0.000312. The van der Waals surface area contributed by atoms with Gasteiger partial charge in [0.15, 0.2) is 0 Å². The number of anilines is 1. The maximum Gasteiger partial charge on any atom is 0.252 e. The monoisotopic (exact) mass is 512 g/mol. The zero-order valence-electron chi connectivity index (χ0n) is 21.8. The standard InChI is InChI=1S/C29H29FN6O2/c1-18-17-36(28(20-7-9-21(30)10-8-20)23-6-5-13-32-29(23)38-4)19(2)16-35(18)25-14-26(37)34(3)24-12-11-22(15-31)33-27(24)25/h5-14,18-19,28H,16-17H2,1-4H3/t18-,19+,28?/m0/s1. The van der Waals surface area contributed by atoms with E-state index >= 15 is 0 Å². The molecule has 4 heterocycles. The molecule has 3 atom stereocenters. The van der Waals surface area contributed by atoms with Gasteiger partial charge in [-0.1, -0.05) is 18.2 Å². The van der Waals surface area contributed by atoms with Gasteiger partial charge in [-0.3, -0.25) is 9.69 Å². The van der Waals surface area contributed by atoms with Crippen molar-refractivity contribution in [2.24, 2.45) is 7.05 Å². The minimum atomic E-state index is -0.293. The molecule has 1 aromatic carbocycles. The summed E-state index contributed by atoms with van der Waals surface area (Å²) in [4.78, 5) is 26.4. The fraction of sp³-hybridized carbons (Fsp3) is 0.310. The smallest absolute Gasteiger partial charge is 0.252 e. The molecular formula is C29H29FN6O2. The van der Waals surface area contributed by atoms with Crippen molar-refractivity contribution in [2.45, 2.75) is 32.0 Å². The maximum absolute atomic E-state index is 13.9. The first-order chi connectivity index (χ1) is 18.3. The van der Waals surface area contributed by atoms with Crippen LogP contribution in [0.4, 0.5) is 10.1 Å². The van der Waals surface area contributed by atoms with Gasteiger partial charge in [-0.05, 0) is 49.7 Å². The molecule has 5 rings (SSSR count). The van der Waals surface area contributed by atoms with Gasteiger partial charge in [0.25, 0.3) is 5.56 Å². The maximum atomic E-state index is 13.9. The number of hydrogen-bond donors (Lipinski definition) is 0. The van der Waals surface area contributed by atoms with Crippen LogP contribution in [0.5, 0.6) is 5.88 Å². The highest BCUT2D eigenvalue weighted by atomic mass is 19.1. The second-order valence-electron chi connectivity index (χ2n) is 9.71. The second kappa shape index (κ2) is 10.2. The van der Waals surface area contributed by atoms with E-state index in [-0.39, 0.29) is 29.5 Å². The number of nitrogens with zero attached hydrogens (tertiary/aromatic N) is 6. The van der Waals surface area contributed by atoms with Crippen LogP contribution >= 0.6 is 0 Å². The van der Waals surface area contributed by atoms with Crippen LogP contribution in [0.15, 0.2) is 65.6 Å². The van der Waals surface area contributed by atoms with Crippen LogP contribution in [-0.4, -0.2) is 51.7 Å². The highest BCUT2D eigenvalue weighted by Gasteiger charge is 2.37. The molecule has 1 unspecified atom stereocenters. The van der Waals surface area contributed by atoms with Crippen LogP contribution in [0.1, 0.15) is 36.7 Å². The number of aryl methyl sites for hydroxylation is 1. The van der Waals surface area contributed by atoms with Gasteiger partial charge in [0.2, 0.25) is 5.88 Å². The Kier molecular flexibility index (Phi) is 6.83. The number of benzene rings is 1. The second-order valence-corrected chi connectivity index (χ2v) is 9.71. The third-order valence-corrected chi connectivity index (χ3v) is 7.33. The summed E-state index contributed by atoms with van der Waals surface area (Å²) in [6.45, 7) is 5.51. The first-order valence-corrected chi connectivity index (χ1v) is 12.5. The third-order valence-electron chi connectivity index (χ3n) is 7.33. The van der Waals surface area contributed by atoms with Gasteiger partial charge in [0.1, 0.15) is 23.1 Å². The predicted octanol–water partition coefficient (Wildman–Crippen LogP) is 4.04. The summed E-state index contributed by atoms with van der Waals surface area (Å²) in [6, 6.07) is 17.3. The molecule has 194 valence electrons. The van der Waals surface area contributed by atoms with Crippen molar-refractivity contribution in [3.63, 3.8) is 0 Å². The molecule has 9 heteroatoms. The molecular weight excluding hydrogens is 483 g/mol. The lowest BCUT2D eigenvalue weighted by Crippen LogP contribution is -2.57. The highest BCUT2D eigenvalue weighted by molar-refractivity contribution is 5.89. The lowest BCUT2D eigenvalue weighted by Gasteiger charge is -2.48. The Hall–Kier alpha value is -4.29. The van der Waals surface area contributed by atoms with Gasteiger partial charge in [0, 0.05) is 50.0 Å². The summed E-state index contributed by atoms with van der Waals surface area (Å²) in [5.74, 6) is 0.230. The highest BCUT2D eigenvalue weighted by Crippen LogP contribution is 2.38. The molecule has 0 aliphatic carbocycles. The van der Waals surface area contributed by atoms with Crippen LogP contribution in [-0.2, 0) is 7.05 Å². The zero-order chi connectivity index (χ0) is 27.0. The van der Waals surface area contributed by atoms with Crippen LogP contribution in [0.2, 0.25) is 0 Å². The average molecular weight is 513 g/mol. The first-order valence-electron chi connectivity index (χ1n) is 12.5. The average Bonchev–Trinajstić information content (AvgIpc) is 2.93. The van der Waals surface area contributed by atoms with Crippen LogP contribution in [0.3, 0.4) is 0 Å². The Labute approximate surface area is 220 Å². The van der Waals surface area contributed by atoms with Gasteiger partial charge in [0.05, 0.1) is 24.4 Å². The molecule has 4 aromatic rings. The molecule has 0 saturated carbocycles. The van der Waals surface area contributed by atoms with Crippen molar-refractivity contribution in [3.05, 3.63) is 93.8 Å². The number of halogens is 1. The topological polar surface area (TPSA) is 87.3 Å². The summed E-state index contributed by atoms with van der Waals surface area (Å²) in [5, 5.41) is 9.45. The number of aromatic nitrogens is 3. The Morgan fingerprint density at radius 1 is 1.11 bits per heavy atom. The predicted molar refractivity (Wildman–Crippen MR) is 144 cm³/mol. The van der Waals surface area contributed by atoms with E-state index in [1.54, 1.807) is 55.3 Å². The minimum Gasteiger partial charge on any atom is -0.481 e. The van der Waals surface area contributed by atoms with Crippen LogP contribution < -0.4 is 15.2 Å². The van der Waals surface area contributed by atoms with Gasteiger partial charge in [-0.15, -0.1) is 0 Å². The largest absolute Gasteiger partial charge is 0.481 e. The lowest BCUT2D eigenvalue weighted by atomic mass is 9.94. The molecule has 8 nitrogen and oxygen atoms in total. The van der Waals surface area contributed by atoms with Gasteiger partial charge < -0.3 is 14.2 Å². The van der Waals surface area contributed by atoms with Crippen LogP contribution in [0, 0.1) is 17.1 Å². The molecule has 1 saturated heterocycles. The Balaban J connectivity index is 1.57. The number of ether oxygens (including phenoxy) is 1. The molecule has 3 aromatic heterocycles. The molecule has 1 aliphatic heterocycles. The summed E-state index contributed by atoms with van der Waals surface area (Å²) in [6.07, 6.45) is 1.69. The molecule has 0 amide bonds. The van der Waals surface area contributed by atoms with E-state index in [4.69, 9.17) is 4.74 Å². The van der Waals surface area contributed by atoms with E-state index in [9.17, 15) is 14.4 Å². The lowest BCUT2D eigenvalue weighted by molar-refractivity contribution is 0.128. The first kappa shape index (κ1) is 25.4. The molecule has 0 radical (unpaired) electrons. The number of rotatable bonds is 5. The number of fused-ring (bicyclic) bond motifs is 1. The van der Waals surface area contributed by atoms with Crippen molar-refractivity contribution in [1.82, 2.24) is 19.4 Å². The fourth-order valence-corrected chi connectivity index (χ4v) is 5.42. The van der Waals surface area contributed by atoms with Gasteiger partial charge in [-0.2, -0.15) is 5.26 Å². The number of methoxy groups -OCH3 is 1. The van der Waals surface area contributed by atoms with E-state index in [2.05, 4.69) is 39.7 Å². The Bertz CT molecular complexity index is 1580. The molecule has 38 heavy (non-hydrogen) atoms. The molecule has 0 bridgehead atoms. The summed E-state index contributed by atoms with van der Waals surface area (Å²) in [7, 11) is 3.31. The zero-order valence-corrected chi connectivity index (χ0v) is 21.8. The van der Waals surface area contributed by atoms with Crippen molar-refractivity contribution >= 4 is 16.7 Å². The number of nitriles is 1. The molecule has 0 spiro atoms. The van der Waals surface area contributed by atoms with Gasteiger partial charge in [-0.25, -0.2) is 14.4 Å². The van der Waals surface area contributed by atoms with E-state index < -0.39 is 0 Å². The van der Waals surface area contributed by atoms with Crippen molar-refractivity contribution < 1.29 is 9.13 Å². The van der Waals surface area contributed by atoms with E-state index in [0.717, 1.165) is 16.8 Å². The van der Waals surface area contributed by atoms with Gasteiger partial charge >= 0.3 is 0 Å². The quantitative estimate of drug-likeness (QED) is 0.399. The van der Waals surface area contributed by atoms with E-state index in [1.165, 1.54) is 12.1 Å².